The second kappa shape index (κ2) is 4.07. The number of sulfone groups is 1. The zero-order chi connectivity index (χ0) is 11.8. The number of aromatic hydroxyl groups is 1. The second-order valence-corrected chi connectivity index (χ2v) is 7.13. The van der Waals surface area contributed by atoms with Crippen LogP contribution in [-0.2, 0) is 15.6 Å². The first-order valence-corrected chi connectivity index (χ1v) is 7.56. The maximum atomic E-state index is 11.5. The topological polar surface area (TPSA) is 54.4 Å². The highest BCUT2D eigenvalue weighted by Crippen LogP contribution is 2.29. The van der Waals surface area contributed by atoms with E-state index in [2.05, 4.69) is 0 Å². The molecular formula is C11H12O3S2. The molecular weight excluding hydrogens is 244 g/mol. The number of benzene rings is 1. The summed E-state index contributed by atoms with van der Waals surface area (Å²) in [6, 6.07) is 6.92. The Kier molecular flexibility index (Phi) is 2.90. The van der Waals surface area contributed by atoms with Crippen LogP contribution >= 0.6 is 11.3 Å². The largest absolute Gasteiger partial charge is 0.508 e. The van der Waals surface area contributed by atoms with E-state index in [1.165, 1.54) is 11.3 Å². The fraction of sp³-hybridized carbons (Fsp3) is 0.273. The van der Waals surface area contributed by atoms with Gasteiger partial charge in [0.15, 0.2) is 9.84 Å². The van der Waals surface area contributed by atoms with Crippen LogP contribution in [0.25, 0.3) is 10.1 Å². The van der Waals surface area contributed by atoms with Gasteiger partial charge in [-0.2, -0.15) is 0 Å². The summed E-state index contributed by atoms with van der Waals surface area (Å²) in [7, 11) is -2.98. The van der Waals surface area contributed by atoms with Gasteiger partial charge in [0, 0.05) is 15.3 Å². The van der Waals surface area contributed by atoms with Gasteiger partial charge in [0.25, 0.3) is 0 Å². The Hall–Kier alpha value is -1.07. The molecule has 16 heavy (non-hydrogen) atoms. The Balaban J connectivity index is 2.40. The van der Waals surface area contributed by atoms with Crippen LogP contribution in [0.15, 0.2) is 24.3 Å². The molecule has 0 atom stereocenters. The lowest BCUT2D eigenvalue weighted by Crippen LogP contribution is -2.04. The third-order valence-electron chi connectivity index (χ3n) is 2.36. The van der Waals surface area contributed by atoms with Gasteiger partial charge in [0.2, 0.25) is 0 Å². The molecule has 1 heterocycles. The van der Waals surface area contributed by atoms with Gasteiger partial charge in [-0.15, -0.1) is 11.3 Å². The smallest absolute Gasteiger partial charge is 0.154 e. The van der Waals surface area contributed by atoms with E-state index in [1.807, 2.05) is 6.07 Å². The third kappa shape index (κ3) is 2.36. The summed E-state index contributed by atoms with van der Waals surface area (Å²) in [4.78, 5) is 0.822. The molecule has 3 nitrogen and oxygen atoms in total. The minimum atomic E-state index is -2.98. The van der Waals surface area contributed by atoms with Crippen molar-refractivity contribution in [3.8, 4) is 5.75 Å². The molecule has 0 bridgehead atoms. The molecule has 1 aromatic carbocycles. The van der Waals surface area contributed by atoms with Crippen LogP contribution in [0.4, 0.5) is 0 Å². The van der Waals surface area contributed by atoms with Gasteiger partial charge in [-0.05, 0) is 29.7 Å². The predicted molar refractivity (Wildman–Crippen MR) is 66.7 cm³/mol. The highest BCUT2D eigenvalue weighted by Gasteiger charge is 2.11. The SMILES string of the molecule is CCS(=O)(=O)Cc1cc2ccc(O)cc2s1. The van der Waals surface area contributed by atoms with Crippen molar-refractivity contribution in [1.29, 1.82) is 0 Å². The van der Waals surface area contributed by atoms with E-state index >= 15 is 0 Å². The van der Waals surface area contributed by atoms with Gasteiger partial charge in [0.05, 0.1) is 5.75 Å². The fourth-order valence-corrected chi connectivity index (χ4v) is 3.85. The molecule has 2 rings (SSSR count). The molecule has 86 valence electrons. The molecule has 0 saturated carbocycles. The number of hydrogen-bond acceptors (Lipinski definition) is 4. The van der Waals surface area contributed by atoms with E-state index in [4.69, 9.17) is 0 Å². The van der Waals surface area contributed by atoms with Crippen LogP contribution in [0, 0.1) is 0 Å². The third-order valence-corrected chi connectivity index (χ3v) is 5.27. The first kappa shape index (κ1) is 11.4. The normalized spacial score (nSPS) is 12.1. The quantitative estimate of drug-likeness (QED) is 0.918. The van der Waals surface area contributed by atoms with Gasteiger partial charge in [-0.25, -0.2) is 8.42 Å². The number of hydrogen-bond donors (Lipinski definition) is 1. The molecule has 0 fully saturated rings. The Morgan fingerprint density at radius 2 is 2.06 bits per heavy atom. The highest BCUT2D eigenvalue weighted by molar-refractivity contribution is 7.90. The van der Waals surface area contributed by atoms with Gasteiger partial charge >= 0.3 is 0 Å². The number of rotatable bonds is 3. The Morgan fingerprint density at radius 3 is 2.75 bits per heavy atom. The number of phenols is 1. The molecule has 1 aromatic heterocycles. The van der Waals surface area contributed by atoms with Crippen LogP contribution in [0.1, 0.15) is 11.8 Å². The summed E-state index contributed by atoms with van der Waals surface area (Å²) in [6.07, 6.45) is 0. The molecule has 0 aliphatic carbocycles. The van der Waals surface area contributed by atoms with Crippen molar-refractivity contribution in [2.75, 3.05) is 5.75 Å². The molecule has 1 N–H and O–H groups in total. The summed E-state index contributed by atoms with van der Waals surface area (Å²) in [5.41, 5.74) is 0. The Morgan fingerprint density at radius 1 is 1.31 bits per heavy atom. The average molecular weight is 256 g/mol. The lowest BCUT2D eigenvalue weighted by Gasteiger charge is -1.96. The molecule has 0 radical (unpaired) electrons. The summed E-state index contributed by atoms with van der Waals surface area (Å²) in [5.74, 6) is 0.454. The van der Waals surface area contributed by atoms with Crippen molar-refractivity contribution in [2.45, 2.75) is 12.7 Å². The first-order valence-electron chi connectivity index (χ1n) is 4.92. The van der Waals surface area contributed by atoms with Gasteiger partial charge in [0.1, 0.15) is 5.75 Å². The predicted octanol–water partition coefficient (Wildman–Crippen LogP) is 2.54. The summed E-state index contributed by atoms with van der Waals surface area (Å²) in [6.45, 7) is 1.65. The highest BCUT2D eigenvalue weighted by atomic mass is 32.2. The van der Waals surface area contributed by atoms with Crippen LogP contribution < -0.4 is 0 Å². The molecule has 0 amide bonds. The van der Waals surface area contributed by atoms with Crippen molar-refractivity contribution < 1.29 is 13.5 Å². The molecule has 0 aliphatic rings. The van der Waals surface area contributed by atoms with E-state index in [-0.39, 0.29) is 17.3 Å². The van der Waals surface area contributed by atoms with Crippen molar-refractivity contribution in [3.63, 3.8) is 0 Å². The number of thiophene rings is 1. The standard InChI is InChI=1S/C11H12O3S2/c1-2-16(13,14)7-10-5-8-3-4-9(12)6-11(8)15-10/h3-6,12H,2,7H2,1H3. The van der Waals surface area contributed by atoms with Crippen LogP contribution in [0.3, 0.4) is 0 Å². The van der Waals surface area contributed by atoms with Crippen molar-refractivity contribution in [3.05, 3.63) is 29.1 Å². The summed E-state index contributed by atoms with van der Waals surface area (Å²) < 4.78 is 23.9. The van der Waals surface area contributed by atoms with Crippen molar-refractivity contribution in [2.24, 2.45) is 0 Å². The van der Waals surface area contributed by atoms with E-state index in [0.717, 1.165) is 15.0 Å². The van der Waals surface area contributed by atoms with E-state index in [9.17, 15) is 13.5 Å². The lowest BCUT2D eigenvalue weighted by molar-refractivity contribution is 0.476. The molecule has 2 aromatic rings. The van der Waals surface area contributed by atoms with Gasteiger partial charge in [-0.3, -0.25) is 0 Å². The molecule has 0 saturated heterocycles. The van der Waals surface area contributed by atoms with Gasteiger partial charge < -0.3 is 5.11 Å². The number of phenolic OH excluding ortho intramolecular Hbond substituents is 1. The van der Waals surface area contributed by atoms with Crippen molar-refractivity contribution >= 4 is 31.3 Å². The first-order chi connectivity index (χ1) is 7.50. The summed E-state index contributed by atoms with van der Waals surface area (Å²) in [5, 5.41) is 10.3. The van der Waals surface area contributed by atoms with Crippen LogP contribution in [0.5, 0.6) is 5.75 Å². The van der Waals surface area contributed by atoms with Crippen LogP contribution in [-0.4, -0.2) is 19.3 Å². The maximum absolute atomic E-state index is 11.5. The Bertz CT molecular complexity index is 611. The number of fused-ring (bicyclic) bond motifs is 1. The summed E-state index contributed by atoms with van der Waals surface area (Å²) >= 11 is 1.41. The van der Waals surface area contributed by atoms with Gasteiger partial charge in [-0.1, -0.05) is 6.92 Å². The molecule has 0 unspecified atom stereocenters. The monoisotopic (exact) mass is 256 g/mol. The maximum Gasteiger partial charge on any atom is 0.154 e. The van der Waals surface area contributed by atoms with E-state index in [1.54, 1.807) is 25.1 Å². The minimum Gasteiger partial charge on any atom is -0.508 e. The lowest BCUT2D eigenvalue weighted by atomic mass is 10.2. The zero-order valence-corrected chi connectivity index (χ0v) is 10.4. The van der Waals surface area contributed by atoms with E-state index in [0.29, 0.717) is 0 Å². The molecule has 5 heteroatoms. The minimum absolute atomic E-state index is 0.0869. The Labute approximate surface area is 98.3 Å². The average Bonchev–Trinajstić information content (AvgIpc) is 2.58. The zero-order valence-electron chi connectivity index (χ0n) is 8.80. The van der Waals surface area contributed by atoms with E-state index < -0.39 is 9.84 Å². The molecule has 0 spiro atoms. The second-order valence-electron chi connectivity index (χ2n) is 3.61. The van der Waals surface area contributed by atoms with Crippen molar-refractivity contribution in [1.82, 2.24) is 0 Å². The van der Waals surface area contributed by atoms with Crippen LogP contribution in [0.2, 0.25) is 0 Å². The fourth-order valence-electron chi connectivity index (χ4n) is 1.46. The molecule has 0 aliphatic heterocycles.